The van der Waals surface area contributed by atoms with E-state index >= 15 is 0 Å². The van der Waals surface area contributed by atoms with E-state index in [1.165, 1.54) is 11.6 Å². The number of hydrogen-bond donors (Lipinski definition) is 2. The number of rotatable bonds is 2. The zero-order valence-electron chi connectivity index (χ0n) is 10.8. The summed E-state index contributed by atoms with van der Waals surface area (Å²) in [7, 11) is 0. The second kappa shape index (κ2) is 5.52. The molecule has 1 aliphatic rings. The molecule has 2 N–H and O–H groups in total. The van der Waals surface area contributed by atoms with Crippen LogP contribution < -0.4 is 5.32 Å². The lowest BCUT2D eigenvalue weighted by molar-refractivity contribution is 0.121. The van der Waals surface area contributed by atoms with Gasteiger partial charge in [0.15, 0.2) is 0 Å². The van der Waals surface area contributed by atoms with E-state index in [4.69, 9.17) is 11.6 Å². The third-order valence-corrected chi connectivity index (χ3v) is 4.06. The zero-order chi connectivity index (χ0) is 14.1. The first-order chi connectivity index (χ1) is 9.68. The lowest BCUT2D eigenvalue weighted by Gasteiger charge is -2.31. The van der Waals surface area contributed by atoms with Crippen molar-refractivity contribution in [3.05, 3.63) is 70.0 Å². The fraction of sp³-hybridized carbons (Fsp3) is 0.250. The highest BCUT2D eigenvalue weighted by Gasteiger charge is 2.29. The summed E-state index contributed by atoms with van der Waals surface area (Å²) in [4.78, 5) is 0. The number of halogens is 2. The molecule has 0 aliphatic carbocycles. The molecular formula is C16H15ClFNO. The molecule has 104 valence electrons. The van der Waals surface area contributed by atoms with E-state index < -0.39 is 11.9 Å². The predicted molar refractivity (Wildman–Crippen MR) is 77.3 cm³/mol. The maximum Gasteiger partial charge on any atom is 0.147 e. The first-order valence-corrected chi connectivity index (χ1v) is 6.99. The number of aliphatic hydroxyl groups is 1. The Labute approximate surface area is 122 Å². The van der Waals surface area contributed by atoms with Gasteiger partial charge in [-0.1, -0.05) is 48.0 Å². The molecule has 2 nitrogen and oxygen atoms in total. The van der Waals surface area contributed by atoms with Crippen LogP contribution in [-0.4, -0.2) is 11.7 Å². The van der Waals surface area contributed by atoms with Crippen LogP contribution in [-0.2, 0) is 6.42 Å². The number of aliphatic hydroxyl groups excluding tert-OH is 1. The zero-order valence-corrected chi connectivity index (χ0v) is 11.6. The molecule has 0 radical (unpaired) electrons. The molecule has 2 atom stereocenters. The summed E-state index contributed by atoms with van der Waals surface area (Å²) in [6, 6.07) is 12.3. The quantitative estimate of drug-likeness (QED) is 0.889. The van der Waals surface area contributed by atoms with Crippen molar-refractivity contribution in [3.63, 3.8) is 0 Å². The van der Waals surface area contributed by atoms with Crippen molar-refractivity contribution in [2.45, 2.75) is 18.6 Å². The van der Waals surface area contributed by atoms with Gasteiger partial charge in [0.25, 0.3) is 0 Å². The van der Waals surface area contributed by atoms with Crippen molar-refractivity contribution in [2.75, 3.05) is 6.54 Å². The van der Waals surface area contributed by atoms with Gasteiger partial charge >= 0.3 is 0 Å². The number of benzene rings is 2. The third kappa shape index (κ3) is 2.33. The van der Waals surface area contributed by atoms with Crippen LogP contribution in [0.15, 0.2) is 42.5 Å². The summed E-state index contributed by atoms with van der Waals surface area (Å²) in [5.41, 5.74) is 2.44. The second-order valence-corrected chi connectivity index (χ2v) is 5.38. The van der Waals surface area contributed by atoms with Gasteiger partial charge in [0.1, 0.15) is 11.9 Å². The van der Waals surface area contributed by atoms with Crippen molar-refractivity contribution in [3.8, 4) is 0 Å². The van der Waals surface area contributed by atoms with Gasteiger partial charge in [-0.15, -0.1) is 0 Å². The Bertz CT molecular complexity index is 632. The predicted octanol–water partition coefficient (Wildman–Crippen LogP) is 3.40. The molecule has 0 saturated heterocycles. The molecule has 2 unspecified atom stereocenters. The maximum absolute atomic E-state index is 14.1. The lowest BCUT2D eigenvalue weighted by Crippen LogP contribution is -2.34. The van der Waals surface area contributed by atoms with Crippen LogP contribution in [0, 0.1) is 5.82 Å². The summed E-state index contributed by atoms with van der Waals surface area (Å²) < 4.78 is 14.1. The number of nitrogens with one attached hydrogen (secondary N) is 1. The molecule has 0 amide bonds. The molecule has 1 heterocycles. The Morgan fingerprint density at radius 3 is 2.85 bits per heavy atom. The van der Waals surface area contributed by atoms with Gasteiger partial charge in [0.05, 0.1) is 11.1 Å². The van der Waals surface area contributed by atoms with Gasteiger partial charge in [0, 0.05) is 5.56 Å². The fourth-order valence-electron chi connectivity index (χ4n) is 2.75. The molecule has 3 rings (SSSR count). The van der Waals surface area contributed by atoms with Crippen LogP contribution >= 0.6 is 11.6 Å². The normalized spacial score (nSPS) is 19.4. The van der Waals surface area contributed by atoms with E-state index in [0.29, 0.717) is 0 Å². The number of fused-ring (bicyclic) bond motifs is 1. The Balaban J connectivity index is 2.00. The van der Waals surface area contributed by atoms with Crippen molar-refractivity contribution >= 4 is 11.6 Å². The lowest BCUT2D eigenvalue weighted by atomic mass is 9.88. The second-order valence-electron chi connectivity index (χ2n) is 4.97. The Hall–Kier alpha value is -1.42. The maximum atomic E-state index is 14.1. The summed E-state index contributed by atoms with van der Waals surface area (Å²) >= 11 is 5.79. The standard InChI is InChI=1S/C16H15ClFNO/c17-13-7-3-6-12(14(13)18)16(20)15-11-5-2-1-4-10(11)8-9-19-15/h1-7,15-16,19-20H,8-9H2. The van der Waals surface area contributed by atoms with Crippen LogP contribution in [0.3, 0.4) is 0 Å². The van der Waals surface area contributed by atoms with E-state index in [1.807, 2.05) is 24.3 Å². The van der Waals surface area contributed by atoms with Crippen LogP contribution in [0.2, 0.25) is 5.02 Å². The Kier molecular flexibility index (Phi) is 3.74. The molecule has 0 spiro atoms. The molecule has 20 heavy (non-hydrogen) atoms. The summed E-state index contributed by atoms with van der Waals surface area (Å²) in [5, 5.41) is 13.8. The van der Waals surface area contributed by atoms with E-state index in [1.54, 1.807) is 12.1 Å². The van der Waals surface area contributed by atoms with Crippen molar-refractivity contribution in [1.29, 1.82) is 0 Å². The molecule has 2 aromatic rings. The van der Waals surface area contributed by atoms with Crippen LogP contribution in [0.5, 0.6) is 0 Å². The van der Waals surface area contributed by atoms with Crippen molar-refractivity contribution < 1.29 is 9.50 Å². The molecule has 0 aromatic heterocycles. The first kappa shape index (κ1) is 13.6. The van der Waals surface area contributed by atoms with E-state index in [-0.39, 0.29) is 16.6 Å². The smallest absolute Gasteiger partial charge is 0.147 e. The van der Waals surface area contributed by atoms with E-state index in [0.717, 1.165) is 18.5 Å². The SMILES string of the molecule is OC(c1cccc(Cl)c1F)C1NCCc2ccccc21. The molecule has 0 bridgehead atoms. The van der Waals surface area contributed by atoms with E-state index in [2.05, 4.69) is 5.32 Å². The van der Waals surface area contributed by atoms with Crippen LogP contribution in [0.25, 0.3) is 0 Å². The average Bonchev–Trinajstić information content (AvgIpc) is 2.49. The van der Waals surface area contributed by atoms with Crippen LogP contribution in [0.1, 0.15) is 28.8 Å². The monoisotopic (exact) mass is 291 g/mol. The first-order valence-electron chi connectivity index (χ1n) is 6.61. The minimum atomic E-state index is -0.963. The van der Waals surface area contributed by atoms with Gasteiger partial charge in [-0.25, -0.2) is 4.39 Å². The van der Waals surface area contributed by atoms with Crippen molar-refractivity contribution in [1.82, 2.24) is 5.32 Å². The third-order valence-electron chi connectivity index (χ3n) is 3.76. The Morgan fingerprint density at radius 2 is 2.00 bits per heavy atom. The summed E-state index contributed by atoms with van der Waals surface area (Å²) in [6.07, 6.45) is -0.0487. The largest absolute Gasteiger partial charge is 0.386 e. The van der Waals surface area contributed by atoms with Gasteiger partial charge in [-0.2, -0.15) is 0 Å². The molecule has 4 heteroatoms. The Morgan fingerprint density at radius 1 is 1.20 bits per heavy atom. The average molecular weight is 292 g/mol. The van der Waals surface area contributed by atoms with Gasteiger partial charge in [-0.05, 0) is 30.2 Å². The minimum Gasteiger partial charge on any atom is -0.386 e. The number of hydrogen-bond acceptors (Lipinski definition) is 2. The molecular weight excluding hydrogens is 277 g/mol. The molecule has 0 fully saturated rings. The van der Waals surface area contributed by atoms with Crippen molar-refractivity contribution in [2.24, 2.45) is 0 Å². The highest BCUT2D eigenvalue weighted by atomic mass is 35.5. The van der Waals surface area contributed by atoms with Crippen LogP contribution in [0.4, 0.5) is 4.39 Å². The van der Waals surface area contributed by atoms with Gasteiger partial charge in [-0.3, -0.25) is 0 Å². The molecule has 0 saturated carbocycles. The fourth-order valence-corrected chi connectivity index (χ4v) is 2.93. The molecule has 1 aliphatic heterocycles. The minimum absolute atomic E-state index is 0.0330. The highest BCUT2D eigenvalue weighted by molar-refractivity contribution is 6.30. The molecule has 2 aromatic carbocycles. The summed E-state index contributed by atoms with van der Waals surface area (Å²) in [6.45, 7) is 0.765. The van der Waals surface area contributed by atoms with E-state index in [9.17, 15) is 9.50 Å². The van der Waals surface area contributed by atoms with Gasteiger partial charge in [0.2, 0.25) is 0 Å². The topological polar surface area (TPSA) is 32.3 Å². The van der Waals surface area contributed by atoms with Gasteiger partial charge < -0.3 is 10.4 Å². The summed E-state index contributed by atoms with van der Waals surface area (Å²) in [5.74, 6) is -0.550. The highest BCUT2D eigenvalue weighted by Crippen LogP contribution is 2.35.